The summed E-state index contributed by atoms with van der Waals surface area (Å²) < 4.78 is 52.4. The van der Waals surface area contributed by atoms with Gasteiger partial charge in [0.2, 0.25) is 0 Å². The van der Waals surface area contributed by atoms with Crippen molar-refractivity contribution in [3.05, 3.63) is 34.6 Å². The van der Waals surface area contributed by atoms with Gasteiger partial charge >= 0.3 is 6.18 Å². The molecule has 0 saturated carbocycles. The molecule has 1 aromatic rings. The van der Waals surface area contributed by atoms with Gasteiger partial charge in [0, 0.05) is 37.8 Å². The number of nitrogens with zero attached hydrogens (tertiary/aromatic N) is 1. The minimum Gasteiger partial charge on any atom is -0.314 e. The van der Waals surface area contributed by atoms with E-state index in [1.165, 1.54) is 18.2 Å². The van der Waals surface area contributed by atoms with E-state index in [4.69, 9.17) is 11.6 Å². The number of halogens is 5. The first kappa shape index (κ1) is 15.5. The summed E-state index contributed by atoms with van der Waals surface area (Å²) in [4.78, 5) is 1.65. The van der Waals surface area contributed by atoms with E-state index < -0.39 is 24.5 Å². The van der Waals surface area contributed by atoms with Crippen LogP contribution in [0.2, 0.25) is 5.02 Å². The molecule has 7 heteroatoms. The SMILES string of the molecule is Fc1c(Cl)cccc1[C@H](CC(F)(F)F)N1CCNCC1. The lowest BCUT2D eigenvalue weighted by Crippen LogP contribution is -2.46. The van der Waals surface area contributed by atoms with Gasteiger partial charge < -0.3 is 5.32 Å². The number of hydrogen-bond acceptors (Lipinski definition) is 2. The van der Waals surface area contributed by atoms with Crippen molar-refractivity contribution in [1.82, 2.24) is 10.2 Å². The Kier molecular flexibility index (Phi) is 4.88. The molecule has 1 atom stereocenters. The van der Waals surface area contributed by atoms with Crippen LogP contribution in [0.3, 0.4) is 0 Å². The quantitative estimate of drug-likeness (QED) is 0.861. The third-order valence-corrected chi connectivity index (χ3v) is 3.65. The van der Waals surface area contributed by atoms with Crippen LogP contribution in [0.1, 0.15) is 18.0 Å². The fourth-order valence-corrected chi connectivity index (χ4v) is 2.61. The van der Waals surface area contributed by atoms with Crippen molar-refractivity contribution in [2.45, 2.75) is 18.6 Å². The minimum atomic E-state index is -4.36. The van der Waals surface area contributed by atoms with E-state index in [1.807, 2.05) is 0 Å². The average Bonchev–Trinajstić information content (AvgIpc) is 2.40. The summed E-state index contributed by atoms with van der Waals surface area (Å²) in [5.74, 6) is -0.762. The van der Waals surface area contributed by atoms with Crippen molar-refractivity contribution in [2.24, 2.45) is 0 Å². The Morgan fingerprint density at radius 3 is 2.50 bits per heavy atom. The number of rotatable bonds is 3. The fourth-order valence-electron chi connectivity index (χ4n) is 2.43. The maximum atomic E-state index is 14.0. The van der Waals surface area contributed by atoms with Crippen LogP contribution in [0.5, 0.6) is 0 Å². The molecule has 1 aromatic carbocycles. The average molecular weight is 311 g/mol. The second-order valence-corrected chi connectivity index (χ2v) is 5.17. The Bertz CT molecular complexity index is 458. The molecule has 112 valence electrons. The van der Waals surface area contributed by atoms with Gasteiger partial charge in [-0.3, -0.25) is 4.90 Å². The van der Waals surface area contributed by atoms with E-state index in [2.05, 4.69) is 5.32 Å². The van der Waals surface area contributed by atoms with Crippen LogP contribution in [0.25, 0.3) is 0 Å². The molecular formula is C13H15ClF4N2. The molecule has 1 aliphatic heterocycles. The molecule has 1 heterocycles. The van der Waals surface area contributed by atoms with Gasteiger partial charge in [0.25, 0.3) is 0 Å². The van der Waals surface area contributed by atoms with E-state index in [1.54, 1.807) is 4.90 Å². The summed E-state index contributed by atoms with van der Waals surface area (Å²) in [6.45, 7) is 2.09. The van der Waals surface area contributed by atoms with Crippen molar-refractivity contribution in [3.63, 3.8) is 0 Å². The van der Waals surface area contributed by atoms with Crippen LogP contribution in [-0.2, 0) is 0 Å². The molecule has 0 unspecified atom stereocenters. The van der Waals surface area contributed by atoms with Gasteiger partial charge in [-0.15, -0.1) is 0 Å². The highest BCUT2D eigenvalue weighted by Crippen LogP contribution is 2.36. The highest BCUT2D eigenvalue weighted by molar-refractivity contribution is 6.30. The van der Waals surface area contributed by atoms with Crippen molar-refractivity contribution in [3.8, 4) is 0 Å². The van der Waals surface area contributed by atoms with Crippen molar-refractivity contribution >= 4 is 11.6 Å². The summed E-state index contributed by atoms with van der Waals surface area (Å²) in [5.41, 5.74) is 0.0109. The summed E-state index contributed by atoms with van der Waals surface area (Å²) in [6.07, 6.45) is -5.44. The Balaban J connectivity index is 2.32. The molecule has 1 fully saturated rings. The third-order valence-electron chi connectivity index (χ3n) is 3.36. The maximum Gasteiger partial charge on any atom is 0.390 e. The van der Waals surface area contributed by atoms with Crippen molar-refractivity contribution < 1.29 is 17.6 Å². The van der Waals surface area contributed by atoms with Crippen molar-refractivity contribution in [2.75, 3.05) is 26.2 Å². The van der Waals surface area contributed by atoms with Crippen LogP contribution < -0.4 is 5.32 Å². The zero-order valence-electron chi connectivity index (χ0n) is 10.7. The second kappa shape index (κ2) is 6.28. The third kappa shape index (κ3) is 3.84. The first-order chi connectivity index (χ1) is 9.38. The number of alkyl halides is 3. The molecule has 2 rings (SSSR count). The van der Waals surface area contributed by atoms with Crippen LogP contribution in [0, 0.1) is 5.82 Å². The lowest BCUT2D eigenvalue weighted by molar-refractivity contribution is -0.149. The first-order valence-electron chi connectivity index (χ1n) is 6.34. The summed E-state index contributed by atoms with van der Waals surface area (Å²) >= 11 is 5.68. The Morgan fingerprint density at radius 1 is 1.25 bits per heavy atom. The van der Waals surface area contributed by atoms with E-state index >= 15 is 0 Å². The Morgan fingerprint density at radius 2 is 1.90 bits per heavy atom. The molecule has 0 bridgehead atoms. The van der Waals surface area contributed by atoms with Gasteiger partial charge in [0.1, 0.15) is 5.82 Å². The number of hydrogen-bond donors (Lipinski definition) is 1. The molecule has 0 amide bonds. The Labute approximate surface area is 119 Å². The molecule has 1 aliphatic rings. The molecule has 1 N–H and O–H groups in total. The fraction of sp³-hybridized carbons (Fsp3) is 0.538. The van der Waals surface area contributed by atoms with E-state index in [9.17, 15) is 17.6 Å². The van der Waals surface area contributed by atoms with Gasteiger partial charge in [-0.25, -0.2) is 4.39 Å². The number of nitrogens with one attached hydrogen (secondary N) is 1. The minimum absolute atomic E-state index is 0.0109. The smallest absolute Gasteiger partial charge is 0.314 e. The van der Waals surface area contributed by atoms with E-state index in [-0.39, 0.29) is 10.6 Å². The highest BCUT2D eigenvalue weighted by atomic mass is 35.5. The zero-order chi connectivity index (χ0) is 14.8. The van der Waals surface area contributed by atoms with E-state index in [0.717, 1.165) is 0 Å². The maximum absolute atomic E-state index is 14.0. The molecular weight excluding hydrogens is 296 g/mol. The largest absolute Gasteiger partial charge is 0.390 e. The molecule has 2 nitrogen and oxygen atoms in total. The Hall–Kier alpha value is -0.850. The molecule has 0 radical (unpaired) electrons. The molecule has 0 spiro atoms. The van der Waals surface area contributed by atoms with Crippen molar-refractivity contribution in [1.29, 1.82) is 0 Å². The van der Waals surface area contributed by atoms with Gasteiger partial charge in [0.15, 0.2) is 0 Å². The second-order valence-electron chi connectivity index (χ2n) is 4.76. The molecule has 1 saturated heterocycles. The van der Waals surface area contributed by atoms with Crippen LogP contribution >= 0.6 is 11.6 Å². The van der Waals surface area contributed by atoms with Crippen LogP contribution in [0.15, 0.2) is 18.2 Å². The number of benzene rings is 1. The monoisotopic (exact) mass is 310 g/mol. The summed E-state index contributed by atoms with van der Waals surface area (Å²) in [6, 6.07) is 3.16. The van der Waals surface area contributed by atoms with Crippen LogP contribution in [-0.4, -0.2) is 37.3 Å². The van der Waals surface area contributed by atoms with Gasteiger partial charge in [-0.1, -0.05) is 23.7 Å². The topological polar surface area (TPSA) is 15.3 Å². The first-order valence-corrected chi connectivity index (χ1v) is 6.72. The van der Waals surface area contributed by atoms with Gasteiger partial charge in [0.05, 0.1) is 11.4 Å². The lowest BCUT2D eigenvalue weighted by atomic mass is 10.00. The predicted molar refractivity (Wildman–Crippen MR) is 69.3 cm³/mol. The summed E-state index contributed by atoms with van der Waals surface area (Å²) in [5, 5.41) is 2.92. The number of piperazine rings is 1. The van der Waals surface area contributed by atoms with Gasteiger partial charge in [-0.2, -0.15) is 13.2 Å². The zero-order valence-corrected chi connectivity index (χ0v) is 11.4. The van der Waals surface area contributed by atoms with Gasteiger partial charge in [-0.05, 0) is 6.07 Å². The summed E-state index contributed by atoms with van der Waals surface area (Å²) in [7, 11) is 0. The normalized spacial score (nSPS) is 19.1. The van der Waals surface area contributed by atoms with E-state index in [0.29, 0.717) is 26.2 Å². The van der Waals surface area contributed by atoms with Crippen LogP contribution in [0.4, 0.5) is 17.6 Å². The molecule has 20 heavy (non-hydrogen) atoms. The molecule has 0 aliphatic carbocycles. The lowest BCUT2D eigenvalue weighted by Gasteiger charge is -2.35. The predicted octanol–water partition coefficient (Wildman–Crippen LogP) is 3.38. The highest BCUT2D eigenvalue weighted by Gasteiger charge is 2.37. The standard InChI is InChI=1S/C13H15ClF4N2/c14-10-3-1-2-9(12(10)15)11(8-13(16,17)18)20-6-4-19-5-7-20/h1-3,11,19H,4-8H2/t11-/m0/s1. The molecule has 0 aromatic heterocycles.